The second kappa shape index (κ2) is 9.09. The number of benzene rings is 1. The molecule has 158 valence electrons. The molecular weight excluding hydrogens is 416 g/mol. The van der Waals surface area contributed by atoms with Crippen LogP contribution in [0.15, 0.2) is 54.0 Å². The van der Waals surface area contributed by atoms with E-state index in [1.807, 2.05) is 0 Å². The van der Waals surface area contributed by atoms with Crippen molar-refractivity contribution in [2.24, 2.45) is 0 Å². The number of carbonyl (C=O) groups is 4. The average Bonchev–Trinajstić information content (AvgIpc) is 3.58. The number of rotatable bonds is 7. The minimum Gasteiger partial charge on any atom is -0.454 e. The summed E-state index contributed by atoms with van der Waals surface area (Å²) in [6, 6.07) is 11.3. The minimum absolute atomic E-state index is 0.104. The van der Waals surface area contributed by atoms with Crippen molar-refractivity contribution >= 4 is 34.8 Å². The zero-order chi connectivity index (χ0) is 21.8. The van der Waals surface area contributed by atoms with E-state index in [1.165, 1.54) is 29.7 Å². The van der Waals surface area contributed by atoms with Crippen LogP contribution in [0.3, 0.4) is 0 Å². The van der Waals surface area contributed by atoms with E-state index in [-0.39, 0.29) is 28.4 Å². The monoisotopic (exact) mass is 436 g/mol. The second-order valence-corrected chi connectivity index (χ2v) is 8.10. The minimum atomic E-state index is -0.752. The predicted octanol–water partition coefficient (Wildman–Crippen LogP) is 3.58. The SMILES string of the molecule is O=C(COC(=O)c1ccccc1C(=O)c1cccs1)c1c[nH]c(C(=O)N2CCCC2)c1. The van der Waals surface area contributed by atoms with E-state index in [9.17, 15) is 19.2 Å². The van der Waals surface area contributed by atoms with Crippen molar-refractivity contribution in [1.82, 2.24) is 9.88 Å². The zero-order valence-electron chi connectivity index (χ0n) is 16.6. The Hall–Kier alpha value is -3.52. The van der Waals surface area contributed by atoms with Gasteiger partial charge in [-0.3, -0.25) is 14.4 Å². The van der Waals surface area contributed by atoms with Gasteiger partial charge >= 0.3 is 5.97 Å². The third-order valence-corrected chi connectivity index (χ3v) is 5.97. The fraction of sp³-hybridized carbons (Fsp3) is 0.217. The van der Waals surface area contributed by atoms with Crippen LogP contribution in [0.2, 0.25) is 0 Å². The third-order valence-electron chi connectivity index (χ3n) is 5.10. The molecule has 0 aliphatic carbocycles. The van der Waals surface area contributed by atoms with Crippen LogP contribution in [0, 0.1) is 0 Å². The van der Waals surface area contributed by atoms with Crippen molar-refractivity contribution < 1.29 is 23.9 Å². The van der Waals surface area contributed by atoms with Gasteiger partial charge in [-0.1, -0.05) is 24.3 Å². The van der Waals surface area contributed by atoms with Gasteiger partial charge < -0.3 is 14.6 Å². The maximum Gasteiger partial charge on any atom is 0.339 e. The van der Waals surface area contributed by atoms with Gasteiger partial charge in [-0.2, -0.15) is 0 Å². The van der Waals surface area contributed by atoms with Crippen LogP contribution in [-0.2, 0) is 4.74 Å². The summed E-state index contributed by atoms with van der Waals surface area (Å²) in [5, 5.41) is 1.78. The van der Waals surface area contributed by atoms with Crippen LogP contribution in [-0.4, -0.2) is 53.0 Å². The van der Waals surface area contributed by atoms with Crippen molar-refractivity contribution in [1.29, 1.82) is 0 Å². The zero-order valence-corrected chi connectivity index (χ0v) is 17.4. The number of aromatic nitrogens is 1. The van der Waals surface area contributed by atoms with Gasteiger partial charge in [0.2, 0.25) is 11.6 Å². The summed E-state index contributed by atoms with van der Waals surface area (Å²) in [4.78, 5) is 55.2. The van der Waals surface area contributed by atoms with E-state index < -0.39 is 18.4 Å². The molecule has 0 atom stereocenters. The largest absolute Gasteiger partial charge is 0.454 e. The van der Waals surface area contributed by atoms with Crippen LogP contribution in [0.4, 0.5) is 0 Å². The maximum absolute atomic E-state index is 12.7. The lowest BCUT2D eigenvalue weighted by molar-refractivity contribution is 0.0473. The third kappa shape index (κ3) is 4.49. The molecular formula is C23H20N2O5S. The summed E-state index contributed by atoms with van der Waals surface area (Å²) in [5.41, 5.74) is 0.928. The molecule has 4 rings (SSSR count). The van der Waals surface area contributed by atoms with Gasteiger partial charge in [-0.05, 0) is 36.4 Å². The van der Waals surface area contributed by atoms with Crippen molar-refractivity contribution in [3.63, 3.8) is 0 Å². The van der Waals surface area contributed by atoms with E-state index >= 15 is 0 Å². The van der Waals surface area contributed by atoms with Crippen molar-refractivity contribution in [3.05, 3.63) is 81.3 Å². The van der Waals surface area contributed by atoms with E-state index in [4.69, 9.17) is 4.74 Å². The lowest BCUT2D eigenvalue weighted by Crippen LogP contribution is -2.27. The van der Waals surface area contributed by atoms with E-state index in [1.54, 1.807) is 40.6 Å². The number of ether oxygens (including phenoxy) is 1. The van der Waals surface area contributed by atoms with Gasteiger partial charge in [0.15, 0.2) is 6.61 Å². The molecule has 0 unspecified atom stereocenters. The van der Waals surface area contributed by atoms with E-state index in [0.29, 0.717) is 23.7 Å². The molecule has 8 heteroatoms. The Morgan fingerprint density at radius 3 is 2.45 bits per heavy atom. The molecule has 1 amide bonds. The number of H-pyrrole nitrogens is 1. The maximum atomic E-state index is 12.7. The highest BCUT2D eigenvalue weighted by Crippen LogP contribution is 2.19. The average molecular weight is 436 g/mol. The number of carbonyl (C=O) groups excluding carboxylic acids is 4. The highest BCUT2D eigenvalue weighted by atomic mass is 32.1. The molecule has 7 nitrogen and oxygen atoms in total. The van der Waals surface area contributed by atoms with Crippen LogP contribution in [0.25, 0.3) is 0 Å². The quantitative estimate of drug-likeness (QED) is 0.451. The Labute approximate surface area is 182 Å². The molecule has 3 heterocycles. The molecule has 2 aromatic heterocycles. The molecule has 1 aromatic carbocycles. The molecule has 1 aliphatic rings. The summed E-state index contributed by atoms with van der Waals surface area (Å²) in [7, 11) is 0. The van der Waals surface area contributed by atoms with Gasteiger partial charge in [0.1, 0.15) is 5.69 Å². The van der Waals surface area contributed by atoms with Crippen LogP contribution in [0.1, 0.15) is 59.3 Å². The number of ketones is 2. The highest BCUT2D eigenvalue weighted by molar-refractivity contribution is 7.12. The molecule has 1 saturated heterocycles. The molecule has 0 bridgehead atoms. The number of thiophene rings is 1. The summed E-state index contributed by atoms with van der Waals surface area (Å²) < 4.78 is 5.18. The summed E-state index contributed by atoms with van der Waals surface area (Å²) in [6.07, 6.45) is 3.39. The van der Waals surface area contributed by atoms with Crippen molar-refractivity contribution in [3.8, 4) is 0 Å². The Balaban J connectivity index is 1.41. The number of Topliss-reactive ketones (excluding diaryl/α,β-unsaturated/α-hetero) is 1. The fourth-order valence-electron chi connectivity index (χ4n) is 3.46. The molecule has 1 aliphatic heterocycles. The van der Waals surface area contributed by atoms with Crippen LogP contribution >= 0.6 is 11.3 Å². The number of esters is 1. The van der Waals surface area contributed by atoms with Crippen molar-refractivity contribution in [2.45, 2.75) is 12.8 Å². The molecule has 0 spiro atoms. The molecule has 0 radical (unpaired) electrons. The Morgan fingerprint density at radius 2 is 1.74 bits per heavy atom. The molecule has 1 fully saturated rings. The van der Waals surface area contributed by atoms with E-state index in [0.717, 1.165) is 12.8 Å². The summed E-state index contributed by atoms with van der Waals surface area (Å²) in [6.45, 7) is 0.931. The number of hydrogen-bond donors (Lipinski definition) is 1. The number of likely N-dealkylation sites (tertiary alicyclic amines) is 1. The number of aromatic amines is 1. The Morgan fingerprint density at radius 1 is 1.00 bits per heavy atom. The van der Waals surface area contributed by atoms with Crippen LogP contribution in [0.5, 0.6) is 0 Å². The molecule has 3 aromatic rings. The topological polar surface area (TPSA) is 96.5 Å². The fourth-order valence-corrected chi connectivity index (χ4v) is 4.14. The smallest absolute Gasteiger partial charge is 0.339 e. The van der Waals surface area contributed by atoms with Gasteiger partial charge in [0.05, 0.1) is 10.4 Å². The van der Waals surface area contributed by atoms with Gasteiger partial charge in [-0.25, -0.2) is 4.79 Å². The number of amides is 1. The predicted molar refractivity (Wildman–Crippen MR) is 115 cm³/mol. The van der Waals surface area contributed by atoms with Crippen LogP contribution < -0.4 is 0 Å². The number of nitrogens with zero attached hydrogens (tertiary/aromatic N) is 1. The van der Waals surface area contributed by atoms with Gasteiger partial charge in [0.25, 0.3) is 5.91 Å². The Bertz CT molecular complexity index is 1130. The second-order valence-electron chi connectivity index (χ2n) is 7.15. The molecule has 31 heavy (non-hydrogen) atoms. The lowest BCUT2D eigenvalue weighted by Gasteiger charge is -2.13. The van der Waals surface area contributed by atoms with E-state index in [2.05, 4.69) is 4.98 Å². The summed E-state index contributed by atoms with van der Waals surface area (Å²) >= 11 is 1.29. The lowest BCUT2D eigenvalue weighted by atomic mass is 10.0. The van der Waals surface area contributed by atoms with Gasteiger partial charge in [-0.15, -0.1) is 11.3 Å². The first kappa shape index (κ1) is 20.7. The first-order valence-electron chi connectivity index (χ1n) is 9.90. The number of hydrogen-bond acceptors (Lipinski definition) is 6. The summed E-state index contributed by atoms with van der Waals surface area (Å²) in [5.74, 6) is -1.61. The first-order chi connectivity index (χ1) is 15.0. The normalized spacial score (nSPS) is 13.2. The number of nitrogens with one attached hydrogen (secondary N) is 1. The van der Waals surface area contributed by atoms with Gasteiger partial charge in [0, 0.05) is 30.4 Å². The highest BCUT2D eigenvalue weighted by Gasteiger charge is 2.23. The molecule has 0 saturated carbocycles. The Kier molecular flexibility index (Phi) is 6.08. The standard InChI is InChI=1S/C23H20N2O5S/c26-19(15-12-18(24-13-15)22(28)25-9-3-4-10-25)14-30-23(29)17-7-2-1-6-16(17)21(27)20-8-5-11-31-20/h1-2,5-8,11-13,24H,3-4,9-10,14H2. The molecule has 1 N–H and O–H groups in total. The first-order valence-corrected chi connectivity index (χ1v) is 10.8. The van der Waals surface area contributed by atoms with Crippen molar-refractivity contribution in [2.75, 3.05) is 19.7 Å².